The van der Waals surface area contributed by atoms with E-state index in [0.29, 0.717) is 10.6 Å². The Morgan fingerprint density at radius 1 is 1.28 bits per heavy atom. The lowest BCUT2D eigenvalue weighted by Crippen LogP contribution is -2.30. The Hall–Kier alpha value is -1.81. The lowest BCUT2D eigenvalue weighted by Gasteiger charge is -2.20. The fourth-order valence-electron chi connectivity index (χ4n) is 1.39. The molecule has 0 fully saturated rings. The van der Waals surface area contributed by atoms with Crippen LogP contribution in [-0.4, -0.2) is 22.2 Å². The van der Waals surface area contributed by atoms with Crippen LogP contribution in [0.25, 0.3) is 6.08 Å². The van der Waals surface area contributed by atoms with Crippen molar-refractivity contribution in [2.24, 2.45) is 5.41 Å². The van der Waals surface area contributed by atoms with Gasteiger partial charge in [-0.2, -0.15) is 0 Å². The maximum atomic E-state index is 11.2. The first-order valence-electron chi connectivity index (χ1n) is 5.19. The Morgan fingerprint density at radius 3 is 2.33 bits per heavy atom. The second-order valence-corrected chi connectivity index (χ2v) is 4.78. The Bertz CT molecular complexity index is 517. The van der Waals surface area contributed by atoms with Crippen molar-refractivity contribution in [3.8, 4) is 0 Å². The molecule has 0 bridgehead atoms. The minimum absolute atomic E-state index is 0.197. The monoisotopic (exact) mass is 268 g/mol. The van der Waals surface area contributed by atoms with Gasteiger partial charge in [0, 0.05) is 5.02 Å². The molecule has 4 nitrogen and oxygen atoms in total. The first-order chi connectivity index (χ1) is 8.25. The predicted octanol–water partition coefficient (Wildman–Crippen LogP) is 2.92. The van der Waals surface area contributed by atoms with Crippen molar-refractivity contribution in [1.29, 1.82) is 0 Å². The highest BCUT2D eigenvalue weighted by atomic mass is 35.5. The number of carboxylic acid groups (broad SMARTS) is 2. The lowest BCUT2D eigenvalue weighted by molar-refractivity contribution is -0.148. The number of carbonyl (C=O) groups is 2. The molecule has 18 heavy (non-hydrogen) atoms. The average Bonchev–Trinajstić information content (AvgIpc) is 2.25. The van der Waals surface area contributed by atoms with Crippen LogP contribution in [0, 0.1) is 5.41 Å². The van der Waals surface area contributed by atoms with Gasteiger partial charge in [-0.05, 0) is 37.6 Å². The van der Waals surface area contributed by atoms with E-state index in [1.165, 1.54) is 19.9 Å². The number of carboxylic acids is 2. The van der Waals surface area contributed by atoms with E-state index in [9.17, 15) is 9.59 Å². The maximum absolute atomic E-state index is 11.2. The standard InChI is InChI=1S/C13H13ClO4/c1-13(2,12(17)18)10(11(15)16)7-8-4-3-5-9(14)6-8/h3-7H,1-2H3,(H,15,16)(H,17,18)/b10-7-. The zero-order chi connectivity index (χ0) is 13.9. The Kier molecular flexibility index (Phi) is 4.14. The fraction of sp³-hybridized carbons (Fsp3) is 0.231. The van der Waals surface area contributed by atoms with E-state index in [1.807, 2.05) is 0 Å². The van der Waals surface area contributed by atoms with E-state index in [4.69, 9.17) is 21.8 Å². The summed E-state index contributed by atoms with van der Waals surface area (Å²) in [6, 6.07) is 6.55. The number of rotatable bonds is 4. The predicted molar refractivity (Wildman–Crippen MR) is 68.5 cm³/mol. The molecule has 96 valence electrons. The zero-order valence-electron chi connectivity index (χ0n) is 9.98. The molecule has 0 aliphatic carbocycles. The summed E-state index contributed by atoms with van der Waals surface area (Å²) in [6.07, 6.45) is 1.32. The summed E-state index contributed by atoms with van der Waals surface area (Å²) in [5.74, 6) is -2.46. The molecule has 0 heterocycles. The van der Waals surface area contributed by atoms with Gasteiger partial charge in [-0.25, -0.2) is 4.79 Å². The van der Waals surface area contributed by atoms with Crippen molar-refractivity contribution >= 4 is 29.6 Å². The molecule has 0 unspecified atom stereocenters. The van der Waals surface area contributed by atoms with E-state index in [2.05, 4.69) is 0 Å². The molecule has 0 amide bonds. The van der Waals surface area contributed by atoms with E-state index >= 15 is 0 Å². The molecule has 5 heteroatoms. The highest BCUT2D eigenvalue weighted by Gasteiger charge is 2.36. The van der Waals surface area contributed by atoms with Crippen molar-refractivity contribution < 1.29 is 19.8 Å². The van der Waals surface area contributed by atoms with Crippen molar-refractivity contribution in [2.75, 3.05) is 0 Å². The summed E-state index contributed by atoms with van der Waals surface area (Å²) in [5.41, 5.74) is -1.12. The van der Waals surface area contributed by atoms with Crippen molar-refractivity contribution in [3.63, 3.8) is 0 Å². The van der Waals surface area contributed by atoms with Crippen LogP contribution in [0.1, 0.15) is 19.4 Å². The smallest absolute Gasteiger partial charge is 0.332 e. The van der Waals surface area contributed by atoms with Gasteiger partial charge in [-0.3, -0.25) is 4.79 Å². The quantitative estimate of drug-likeness (QED) is 0.824. The molecule has 1 aromatic rings. The molecular weight excluding hydrogens is 256 g/mol. The Labute approximate surface area is 110 Å². The highest BCUT2D eigenvalue weighted by Crippen LogP contribution is 2.29. The number of halogens is 1. The molecule has 0 aromatic heterocycles. The van der Waals surface area contributed by atoms with Gasteiger partial charge in [0.2, 0.25) is 0 Å². The third kappa shape index (κ3) is 3.11. The van der Waals surface area contributed by atoms with E-state index < -0.39 is 17.4 Å². The van der Waals surface area contributed by atoms with Crippen LogP contribution < -0.4 is 0 Å². The maximum Gasteiger partial charge on any atom is 0.332 e. The number of hydrogen-bond donors (Lipinski definition) is 2. The molecule has 0 atom stereocenters. The van der Waals surface area contributed by atoms with Gasteiger partial charge < -0.3 is 10.2 Å². The third-order valence-corrected chi connectivity index (χ3v) is 2.83. The first-order valence-corrected chi connectivity index (χ1v) is 5.57. The van der Waals surface area contributed by atoms with Gasteiger partial charge >= 0.3 is 11.9 Å². The zero-order valence-corrected chi connectivity index (χ0v) is 10.7. The first kappa shape index (κ1) is 14.3. The Balaban J connectivity index is 3.30. The van der Waals surface area contributed by atoms with Gasteiger partial charge in [0.15, 0.2) is 0 Å². The lowest BCUT2D eigenvalue weighted by atomic mass is 9.83. The minimum Gasteiger partial charge on any atom is -0.481 e. The van der Waals surface area contributed by atoms with Crippen LogP contribution in [0.15, 0.2) is 29.8 Å². The topological polar surface area (TPSA) is 74.6 Å². The van der Waals surface area contributed by atoms with Crippen molar-refractivity contribution in [1.82, 2.24) is 0 Å². The summed E-state index contributed by atoms with van der Waals surface area (Å²) in [6.45, 7) is 2.69. The summed E-state index contributed by atoms with van der Waals surface area (Å²) in [4.78, 5) is 22.3. The van der Waals surface area contributed by atoms with Gasteiger partial charge in [0.1, 0.15) is 0 Å². The van der Waals surface area contributed by atoms with Gasteiger partial charge in [-0.1, -0.05) is 23.7 Å². The van der Waals surface area contributed by atoms with Crippen LogP contribution in [0.5, 0.6) is 0 Å². The summed E-state index contributed by atoms with van der Waals surface area (Å²) in [7, 11) is 0. The molecular formula is C13H13ClO4. The second-order valence-electron chi connectivity index (χ2n) is 4.35. The molecule has 0 aliphatic rings. The SMILES string of the molecule is CC(C)(C(=O)O)/C(=C\c1cccc(Cl)c1)C(=O)O. The number of hydrogen-bond acceptors (Lipinski definition) is 2. The molecule has 2 N–H and O–H groups in total. The molecule has 0 aliphatic heterocycles. The van der Waals surface area contributed by atoms with Crippen LogP contribution in [0.3, 0.4) is 0 Å². The van der Waals surface area contributed by atoms with Crippen molar-refractivity contribution in [3.05, 3.63) is 40.4 Å². The van der Waals surface area contributed by atoms with Crippen LogP contribution in [0.4, 0.5) is 0 Å². The van der Waals surface area contributed by atoms with E-state index in [-0.39, 0.29) is 5.57 Å². The summed E-state index contributed by atoms with van der Waals surface area (Å²) in [5, 5.41) is 18.6. The van der Waals surface area contributed by atoms with Crippen LogP contribution >= 0.6 is 11.6 Å². The molecule has 0 saturated heterocycles. The normalized spacial score (nSPS) is 12.3. The summed E-state index contributed by atoms with van der Waals surface area (Å²) < 4.78 is 0. The van der Waals surface area contributed by atoms with Gasteiger partial charge in [0.25, 0.3) is 0 Å². The molecule has 0 saturated carbocycles. The minimum atomic E-state index is -1.48. The summed E-state index contributed by atoms with van der Waals surface area (Å²) >= 11 is 5.79. The number of aliphatic carboxylic acids is 2. The molecule has 0 spiro atoms. The molecule has 1 rings (SSSR count). The largest absolute Gasteiger partial charge is 0.481 e. The highest BCUT2D eigenvalue weighted by molar-refractivity contribution is 6.30. The van der Waals surface area contributed by atoms with Crippen molar-refractivity contribution in [2.45, 2.75) is 13.8 Å². The third-order valence-electron chi connectivity index (χ3n) is 2.60. The van der Waals surface area contributed by atoms with E-state index in [0.717, 1.165) is 0 Å². The average molecular weight is 269 g/mol. The molecule has 0 radical (unpaired) electrons. The fourth-order valence-corrected chi connectivity index (χ4v) is 1.59. The van der Waals surface area contributed by atoms with Gasteiger partial charge in [-0.15, -0.1) is 0 Å². The van der Waals surface area contributed by atoms with Gasteiger partial charge in [0.05, 0.1) is 11.0 Å². The van der Waals surface area contributed by atoms with Crippen LogP contribution in [-0.2, 0) is 9.59 Å². The van der Waals surface area contributed by atoms with Crippen LogP contribution in [0.2, 0.25) is 5.02 Å². The Morgan fingerprint density at radius 2 is 1.89 bits per heavy atom. The molecule has 1 aromatic carbocycles. The number of benzene rings is 1. The van der Waals surface area contributed by atoms with E-state index in [1.54, 1.807) is 24.3 Å². The second kappa shape index (κ2) is 5.23.